The fraction of sp³-hybridized carbons (Fsp3) is 0.350. The highest BCUT2D eigenvalue weighted by molar-refractivity contribution is 5.88. The maximum Gasteiger partial charge on any atom is 0.293 e. The third-order valence-electron chi connectivity index (χ3n) is 4.43. The van der Waals surface area contributed by atoms with Crippen LogP contribution in [0.2, 0.25) is 0 Å². The minimum absolute atomic E-state index is 0.318. The second kappa shape index (κ2) is 7.85. The number of anilines is 2. The van der Waals surface area contributed by atoms with E-state index in [9.17, 15) is 4.79 Å². The average Bonchev–Trinajstić information content (AvgIpc) is 2.94. The summed E-state index contributed by atoms with van der Waals surface area (Å²) in [6, 6.07) is 9.95. The van der Waals surface area contributed by atoms with Crippen LogP contribution in [0.5, 0.6) is 0 Å². The fourth-order valence-electron chi connectivity index (χ4n) is 2.91. The van der Waals surface area contributed by atoms with Crippen LogP contribution in [0.4, 0.5) is 11.5 Å². The van der Waals surface area contributed by atoms with E-state index >= 15 is 0 Å². The molecule has 3 heterocycles. The number of hydrogen-bond donors (Lipinski definition) is 3. The van der Waals surface area contributed by atoms with Crippen molar-refractivity contribution in [3.05, 3.63) is 42.4 Å². The van der Waals surface area contributed by atoms with E-state index in [4.69, 9.17) is 11.5 Å². The molecule has 1 aliphatic rings. The smallest absolute Gasteiger partial charge is 0.293 e. The van der Waals surface area contributed by atoms with E-state index in [2.05, 4.69) is 26.2 Å². The molecule has 0 atom stereocenters. The zero-order valence-electron chi connectivity index (χ0n) is 16.3. The van der Waals surface area contributed by atoms with Gasteiger partial charge < -0.3 is 21.5 Å². The zero-order valence-corrected chi connectivity index (χ0v) is 16.3. The number of nitrogen functional groups attached to an aromatic ring is 2. The number of nitrogens with two attached hydrogens (primary N) is 2. The molecule has 8 nitrogen and oxygen atoms in total. The van der Waals surface area contributed by atoms with Gasteiger partial charge >= 0.3 is 0 Å². The number of rotatable bonds is 3. The fourth-order valence-corrected chi connectivity index (χ4v) is 2.91. The molecule has 0 spiro atoms. The summed E-state index contributed by atoms with van der Waals surface area (Å²) in [5.74, 6) is 0.963. The van der Waals surface area contributed by atoms with Crippen LogP contribution in [0.15, 0.2) is 36.7 Å². The average molecular weight is 382 g/mol. The highest BCUT2D eigenvalue weighted by atomic mass is 16.5. The Morgan fingerprint density at radius 3 is 2.39 bits per heavy atom. The van der Waals surface area contributed by atoms with Crippen molar-refractivity contribution in [3.63, 3.8) is 0 Å². The summed E-state index contributed by atoms with van der Waals surface area (Å²) in [7, 11) is 0. The Balaban J connectivity index is 0.000000279. The Labute approximate surface area is 163 Å². The van der Waals surface area contributed by atoms with Crippen molar-refractivity contribution >= 4 is 23.5 Å². The standard InChI is InChI=1S/C15H16N6.C5H10O2/c16-11-3-1-9(2-4-11)12-5-13(10-6-18-7-10)21-14(12)15(17)19-8-20-21;1-5(2,3)7-4-6/h1-5,8,10,18H,6-7,16H2,(H2,17,19,20);4H,1-3H3. The maximum atomic E-state index is 9.60. The third-order valence-corrected chi connectivity index (χ3v) is 4.43. The van der Waals surface area contributed by atoms with Gasteiger partial charge in [-0.15, -0.1) is 0 Å². The Hall–Kier alpha value is -3.13. The van der Waals surface area contributed by atoms with E-state index in [1.54, 1.807) is 0 Å². The number of fused-ring (bicyclic) bond motifs is 1. The quantitative estimate of drug-likeness (QED) is 0.469. The summed E-state index contributed by atoms with van der Waals surface area (Å²) in [5, 5.41) is 7.67. The van der Waals surface area contributed by atoms with Gasteiger partial charge in [-0.1, -0.05) is 12.1 Å². The molecule has 3 aromatic rings. The molecular formula is C20H26N6O2. The number of nitrogens with zero attached hydrogens (tertiary/aromatic N) is 3. The van der Waals surface area contributed by atoms with Gasteiger partial charge in [0.05, 0.1) is 0 Å². The van der Waals surface area contributed by atoms with E-state index < -0.39 is 0 Å². The van der Waals surface area contributed by atoms with Crippen LogP contribution < -0.4 is 16.8 Å². The lowest BCUT2D eigenvalue weighted by Crippen LogP contribution is -2.40. The first kappa shape index (κ1) is 19.6. The van der Waals surface area contributed by atoms with Gasteiger partial charge in [0, 0.05) is 36.0 Å². The summed E-state index contributed by atoms with van der Waals surface area (Å²) in [5.41, 5.74) is 16.4. The number of benzene rings is 1. The molecule has 0 bridgehead atoms. The van der Waals surface area contributed by atoms with Gasteiger partial charge in [-0.3, -0.25) is 4.79 Å². The first-order valence-electron chi connectivity index (χ1n) is 9.10. The number of nitrogens with one attached hydrogen (secondary N) is 1. The lowest BCUT2D eigenvalue weighted by Gasteiger charge is -2.26. The Morgan fingerprint density at radius 1 is 1.21 bits per heavy atom. The molecular weight excluding hydrogens is 356 g/mol. The highest BCUT2D eigenvalue weighted by Gasteiger charge is 2.25. The molecule has 4 rings (SSSR count). The van der Waals surface area contributed by atoms with Crippen molar-refractivity contribution in [3.8, 4) is 11.1 Å². The van der Waals surface area contributed by atoms with Crippen molar-refractivity contribution in [1.82, 2.24) is 19.9 Å². The van der Waals surface area contributed by atoms with Crippen LogP contribution in [0, 0.1) is 0 Å². The first-order chi connectivity index (χ1) is 13.3. The lowest BCUT2D eigenvalue weighted by atomic mass is 9.98. The summed E-state index contributed by atoms with van der Waals surface area (Å²) in [6.07, 6.45) is 1.50. The van der Waals surface area contributed by atoms with Gasteiger partial charge in [0.15, 0.2) is 5.82 Å². The number of ether oxygens (including phenoxy) is 1. The van der Waals surface area contributed by atoms with Gasteiger partial charge in [0.25, 0.3) is 6.47 Å². The monoisotopic (exact) mass is 382 g/mol. The second-order valence-corrected chi connectivity index (χ2v) is 7.69. The minimum Gasteiger partial charge on any atom is -0.462 e. The minimum atomic E-state index is -0.318. The summed E-state index contributed by atoms with van der Waals surface area (Å²) >= 11 is 0. The van der Waals surface area contributed by atoms with Gasteiger partial charge in [-0.05, 0) is 44.5 Å². The molecule has 1 aromatic carbocycles. The molecule has 1 fully saturated rings. The van der Waals surface area contributed by atoms with E-state index in [0.717, 1.165) is 35.4 Å². The molecule has 1 saturated heterocycles. The van der Waals surface area contributed by atoms with Crippen LogP contribution in [-0.4, -0.2) is 39.8 Å². The number of hydrogen-bond acceptors (Lipinski definition) is 7. The van der Waals surface area contributed by atoms with Crippen molar-refractivity contribution in [2.75, 3.05) is 24.6 Å². The number of carbonyl (C=O) groups is 1. The zero-order chi connectivity index (χ0) is 20.3. The maximum absolute atomic E-state index is 9.60. The molecule has 148 valence electrons. The van der Waals surface area contributed by atoms with Crippen molar-refractivity contribution in [2.45, 2.75) is 32.3 Å². The van der Waals surface area contributed by atoms with E-state index in [1.165, 1.54) is 12.0 Å². The van der Waals surface area contributed by atoms with Crippen molar-refractivity contribution in [2.24, 2.45) is 0 Å². The molecule has 0 saturated carbocycles. The number of carbonyl (C=O) groups excluding carboxylic acids is 1. The summed E-state index contributed by atoms with van der Waals surface area (Å²) in [6.45, 7) is 7.86. The van der Waals surface area contributed by atoms with Crippen LogP contribution in [-0.2, 0) is 9.53 Å². The van der Waals surface area contributed by atoms with Gasteiger partial charge in [0.1, 0.15) is 17.4 Å². The summed E-state index contributed by atoms with van der Waals surface area (Å²) in [4.78, 5) is 13.7. The predicted molar refractivity (Wildman–Crippen MR) is 110 cm³/mol. The van der Waals surface area contributed by atoms with Crippen LogP contribution >= 0.6 is 0 Å². The predicted octanol–water partition coefficient (Wildman–Crippen LogP) is 2.21. The summed E-state index contributed by atoms with van der Waals surface area (Å²) < 4.78 is 6.46. The Bertz CT molecular complexity index is 955. The van der Waals surface area contributed by atoms with E-state index in [-0.39, 0.29) is 5.60 Å². The topological polar surface area (TPSA) is 121 Å². The largest absolute Gasteiger partial charge is 0.462 e. The van der Waals surface area contributed by atoms with Gasteiger partial charge in [0.2, 0.25) is 0 Å². The van der Waals surface area contributed by atoms with Gasteiger partial charge in [-0.2, -0.15) is 5.10 Å². The molecule has 8 heteroatoms. The van der Waals surface area contributed by atoms with Gasteiger partial charge in [-0.25, -0.2) is 9.50 Å². The molecule has 0 radical (unpaired) electrons. The Morgan fingerprint density at radius 2 is 1.89 bits per heavy atom. The second-order valence-electron chi connectivity index (χ2n) is 7.69. The highest BCUT2D eigenvalue weighted by Crippen LogP contribution is 2.34. The number of aromatic nitrogens is 3. The van der Waals surface area contributed by atoms with Crippen LogP contribution in [0.25, 0.3) is 16.6 Å². The molecule has 0 amide bonds. The van der Waals surface area contributed by atoms with Crippen LogP contribution in [0.1, 0.15) is 32.4 Å². The van der Waals surface area contributed by atoms with E-state index in [1.807, 2.05) is 49.6 Å². The molecule has 5 N–H and O–H groups in total. The Kier molecular flexibility index (Phi) is 5.51. The molecule has 0 aliphatic carbocycles. The van der Waals surface area contributed by atoms with Crippen LogP contribution in [0.3, 0.4) is 0 Å². The normalized spacial score (nSPS) is 14.1. The SMILES string of the molecule is CC(C)(C)OC=O.Nc1ccc(-c2cc(C3CNC3)n3ncnc(N)c23)cc1. The molecule has 28 heavy (non-hydrogen) atoms. The van der Waals surface area contributed by atoms with Crippen molar-refractivity contribution in [1.29, 1.82) is 0 Å². The molecule has 2 aromatic heterocycles. The third kappa shape index (κ3) is 4.23. The van der Waals surface area contributed by atoms with Crippen molar-refractivity contribution < 1.29 is 9.53 Å². The lowest BCUT2D eigenvalue weighted by molar-refractivity contribution is -0.138. The molecule has 1 aliphatic heterocycles. The van der Waals surface area contributed by atoms with E-state index in [0.29, 0.717) is 18.2 Å². The molecule has 0 unspecified atom stereocenters. The first-order valence-corrected chi connectivity index (χ1v) is 9.10.